The van der Waals surface area contributed by atoms with Crippen LogP contribution < -0.4 is 0 Å². The topological polar surface area (TPSA) is 44.8 Å². The molecule has 0 aromatic rings. The van der Waals surface area contributed by atoms with Crippen molar-refractivity contribution in [3.8, 4) is 0 Å². The Bertz CT molecular complexity index is 157. The summed E-state index contributed by atoms with van der Waals surface area (Å²) in [4.78, 5) is 11.1. The van der Waals surface area contributed by atoms with Crippen molar-refractivity contribution in [1.29, 1.82) is 0 Å². The summed E-state index contributed by atoms with van der Waals surface area (Å²) in [5.74, 6) is -0.370. The average molecular weight is 174 g/mol. The summed E-state index contributed by atoms with van der Waals surface area (Å²) in [6, 6.07) is 0. The number of carbonyl (C=O) groups excluding carboxylic acids is 1. The zero-order chi connectivity index (χ0) is 8.97. The number of carbonyl (C=O) groups is 1. The fourth-order valence-electron chi connectivity index (χ4n) is 1.29. The maximum atomic E-state index is 11.1. The van der Waals surface area contributed by atoms with E-state index in [9.17, 15) is 4.79 Å². The van der Waals surface area contributed by atoms with E-state index in [2.05, 4.69) is 4.74 Å². The Kier molecular flexibility index (Phi) is 3.49. The Morgan fingerprint density at radius 3 is 2.75 bits per heavy atom. The molecule has 4 heteroatoms. The van der Waals surface area contributed by atoms with Crippen LogP contribution in [0.15, 0.2) is 0 Å². The van der Waals surface area contributed by atoms with Crippen LogP contribution in [-0.4, -0.2) is 39.5 Å². The second-order valence-corrected chi connectivity index (χ2v) is 2.85. The molecule has 2 atom stereocenters. The smallest absolute Gasteiger partial charge is 0.311 e. The van der Waals surface area contributed by atoms with Crippen LogP contribution in [0.5, 0.6) is 0 Å². The molecular formula is C8H14O4. The zero-order valence-corrected chi connectivity index (χ0v) is 7.41. The van der Waals surface area contributed by atoms with Gasteiger partial charge in [-0.3, -0.25) is 4.79 Å². The minimum atomic E-state index is -0.211. The fraction of sp³-hybridized carbons (Fsp3) is 0.875. The maximum Gasteiger partial charge on any atom is 0.311 e. The Balaban J connectivity index is 2.40. The average Bonchev–Trinajstić information content (AvgIpc) is 2.17. The molecular weight excluding hydrogens is 160 g/mol. The van der Waals surface area contributed by atoms with Crippen LogP contribution in [0.4, 0.5) is 0 Å². The predicted octanol–water partition coefficient (Wildman–Crippen LogP) is 0.211. The van der Waals surface area contributed by atoms with Gasteiger partial charge in [0.05, 0.1) is 32.3 Å². The van der Waals surface area contributed by atoms with Gasteiger partial charge in [-0.2, -0.15) is 0 Å². The lowest BCUT2D eigenvalue weighted by atomic mass is 10.0. The zero-order valence-electron chi connectivity index (χ0n) is 7.41. The van der Waals surface area contributed by atoms with Crippen molar-refractivity contribution in [3.05, 3.63) is 0 Å². The lowest BCUT2D eigenvalue weighted by Gasteiger charge is -2.26. The van der Waals surface area contributed by atoms with Crippen LogP contribution in [0.25, 0.3) is 0 Å². The van der Waals surface area contributed by atoms with E-state index in [-0.39, 0.29) is 18.0 Å². The van der Waals surface area contributed by atoms with Crippen LogP contribution in [0.2, 0.25) is 0 Å². The summed E-state index contributed by atoms with van der Waals surface area (Å²) >= 11 is 0. The molecule has 1 rings (SSSR count). The minimum absolute atomic E-state index is 0.0304. The first-order chi connectivity index (χ1) is 5.77. The standard InChI is InChI=1S/C8H14O4/c1-10-7-3-6(4-12-5-7)8(9)11-2/h6-7H,3-5H2,1-2H3/t6-,7+/m1/s1. The van der Waals surface area contributed by atoms with E-state index in [4.69, 9.17) is 9.47 Å². The summed E-state index contributed by atoms with van der Waals surface area (Å²) < 4.78 is 14.9. The van der Waals surface area contributed by atoms with Crippen molar-refractivity contribution in [3.63, 3.8) is 0 Å². The number of ether oxygens (including phenoxy) is 3. The molecule has 0 amide bonds. The summed E-state index contributed by atoms with van der Waals surface area (Å²) in [7, 11) is 3.01. The largest absolute Gasteiger partial charge is 0.469 e. The monoisotopic (exact) mass is 174 g/mol. The lowest BCUT2D eigenvalue weighted by Crippen LogP contribution is -2.35. The van der Waals surface area contributed by atoms with Gasteiger partial charge in [-0.25, -0.2) is 0 Å². The molecule has 0 saturated carbocycles. The van der Waals surface area contributed by atoms with Gasteiger partial charge in [-0.15, -0.1) is 0 Å². The molecule has 70 valence electrons. The molecule has 1 saturated heterocycles. The highest BCUT2D eigenvalue weighted by Crippen LogP contribution is 2.17. The van der Waals surface area contributed by atoms with E-state index in [0.717, 1.165) is 0 Å². The minimum Gasteiger partial charge on any atom is -0.469 e. The third-order valence-electron chi connectivity index (χ3n) is 2.04. The van der Waals surface area contributed by atoms with Gasteiger partial charge >= 0.3 is 5.97 Å². The first-order valence-electron chi connectivity index (χ1n) is 3.96. The van der Waals surface area contributed by atoms with Gasteiger partial charge in [0.2, 0.25) is 0 Å². The molecule has 0 aliphatic carbocycles. The highest BCUT2D eigenvalue weighted by molar-refractivity contribution is 5.72. The number of esters is 1. The summed E-state index contributed by atoms with van der Waals surface area (Å²) in [6.07, 6.45) is 0.728. The number of rotatable bonds is 2. The fourth-order valence-corrected chi connectivity index (χ4v) is 1.29. The van der Waals surface area contributed by atoms with Crippen molar-refractivity contribution >= 4 is 5.97 Å². The summed E-state index contributed by atoms with van der Waals surface area (Å²) in [5, 5.41) is 0. The molecule has 1 aliphatic rings. The van der Waals surface area contributed by atoms with E-state index in [1.165, 1.54) is 7.11 Å². The molecule has 1 aliphatic heterocycles. The molecule has 0 aromatic carbocycles. The maximum absolute atomic E-state index is 11.1. The first kappa shape index (κ1) is 9.48. The second kappa shape index (κ2) is 4.42. The van der Waals surface area contributed by atoms with Crippen molar-refractivity contribution in [1.82, 2.24) is 0 Å². The highest BCUT2D eigenvalue weighted by Gasteiger charge is 2.28. The van der Waals surface area contributed by atoms with Crippen molar-refractivity contribution in [2.45, 2.75) is 12.5 Å². The number of hydrogen-bond donors (Lipinski definition) is 0. The van der Waals surface area contributed by atoms with E-state index >= 15 is 0 Å². The molecule has 0 aromatic heterocycles. The molecule has 0 spiro atoms. The molecule has 1 fully saturated rings. The van der Waals surface area contributed by atoms with E-state index in [1.54, 1.807) is 7.11 Å². The van der Waals surface area contributed by atoms with Gasteiger partial charge in [-0.1, -0.05) is 0 Å². The quantitative estimate of drug-likeness (QED) is 0.561. The first-order valence-corrected chi connectivity index (χ1v) is 3.96. The lowest BCUT2D eigenvalue weighted by molar-refractivity contribution is -0.154. The van der Waals surface area contributed by atoms with Crippen molar-refractivity contribution in [2.24, 2.45) is 5.92 Å². The van der Waals surface area contributed by atoms with Gasteiger partial charge in [0.1, 0.15) is 0 Å². The third-order valence-corrected chi connectivity index (χ3v) is 2.04. The Labute approximate surface area is 71.8 Å². The summed E-state index contributed by atoms with van der Waals surface area (Å²) in [5.41, 5.74) is 0. The normalized spacial score (nSPS) is 29.8. The van der Waals surface area contributed by atoms with Crippen LogP contribution in [-0.2, 0) is 19.0 Å². The Morgan fingerprint density at radius 1 is 1.42 bits per heavy atom. The van der Waals surface area contributed by atoms with Crippen LogP contribution >= 0.6 is 0 Å². The predicted molar refractivity (Wildman–Crippen MR) is 41.7 cm³/mol. The Morgan fingerprint density at radius 2 is 2.17 bits per heavy atom. The van der Waals surface area contributed by atoms with Gasteiger partial charge in [0.25, 0.3) is 0 Å². The van der Waals surface area contributed by atoms with Crippen molar-refractivity contribution < 1.29 is 19.0 Å². The van der Waals surface area contributed by atoms with E-state index < -0.39 is 0 Å². The van der Waals surface area contributed by atoms with E-state index in [0.29, 0.717) is 19.6 Å². The Hall–Kier alpha value is -0.610. The molecule has 0 radical (unpaired) electrons. The molecule has 0 N–H and O–H groups in total. The molecule has 4 nitrogen and oxygen atoms in total. The van der Waals surface area contributed by atoms with Crippen LogP contribution in [0, 0.1) is 5.92 Å². The number of methoxy groups -OCH3 is 2. The second-order valence-electron chi connectivity index (χ2n) is 2.85. The van der Waals surface area contributed by atoms with E-state index in [1.807, 2.05) is 0 Å². The van der Waals surface area contributed by atoms with Gasteiger partial charge in [-0.05, 0) is 6.42 Å². The van der Waals surface area contributed by atoms with Crippen LogP contribution in [0.3, 0.4) is 0 Å². The van der Waals surface area contributed by atoms with Crippen molar-refractivity contribution in [2.75, 3.05) is 27.4 Å². The summed E-state index contributed by atoms with van der Waals surface area (Å²) in [6.45, 7) is 1.02. The van der Waals surface area contributed by atoms with Gasteiger partial charge < -0.3 is 14.2 Å². The molecule has 0 bridgehead atoms. The molecule has 0 unspecified atom stereocenters. The SMILES string of the molecule is COC(=O)[C@H]1COC[C@@H](OC)C1. The van der Waals surface area contributed by atoms with Crippen LogP contribution in [0.1, 0.15) is 6.42 Å². The third kappa shape index (κ3) is 2.19. The van der Waals surface area contributed by atoms with Gasteiger partial charge in [0, 0.05) is 7.11 Å². The number of hydrogen-bond acceptors (Lipinski definition) is 4. The highest BCUT2D eigenvalue weighted by atomic mass is 16.5. The molecule has 12 heavy (non-hydrogen) atoms. The van der Waals surface area contributed by atoms with Gasteiger partial charge in [0.15, 0.2) is 0 Å². The molecule has 1 heterocycles.